The summed E-state index contributed by atoms with van der Waals surface area (Å²) in [7, 11) is 0. The normalized spacial score (nSPS) is 12.5. The number of rotatable bonds is 2. The van der Waals surface area contributed by atoms with E-state index in [1.54, 1.807) is 47.7 Å². The van der Waals surface area contributed by atoms with Crippen molar-refractivity contribution in [1.82, 2.24) is 4.98 Å². The molecule has 148 valence electrons. The van der Waals surface area contributed by atoms with Gasteiger partial charge in [0.05, 0.1) is 27.0 Å². The number of thiazole rings is 1. The quantitative estimate of drug-likeness (QED) is 0.472. The minimum Gasteiger partial charge on any atom is -0.481 e. The molecule has 0 unspecified atom stereocenters. The first kappa shape index (κ1) is 19.5. The SMILES string of the molecule is CC(=O)O.O=C1c2ccccc2C(=O)N1c1ccc(-c2nc3ccccc3s2)cc1. The number of hydrogen-bond acceptors (Lipinski definition) is 5. The van der Waals surface area contributed by atoms with Gasteiger partial charge in [-0.05, 0) is 48.5 Å². The van der Waals surface area contributed by atoms with Gasteiger partial charge < -0.3 is 5.11 Å². The van der Waals surface area contributed by atoms with Crippen molar-refractivity contribution in [2.24, 2.45) is 0 Å². The molecule has 5 rings (SSSR count). The minimum absolute atomic E-state index is 0.279. The molecule has 7 heteroatoms. The number of imide groups is 1. The first-order chi connectivity index (χ1) is 14.5. The Balaban J connectivity index is 0.000000503. The third kappa shape index (κ3) is 3.58. The van der Waals surface area contributed by atoms with Gasteiger partial charge >= 0.3 is 0 Å². The molecule has 0 spiro atoms. The Morgan fingerprint density at radius 2 is 1.40 bits per heavy atom. The van der Waals surface area contributed by atoms with Crippen LogP contribution in [0.3, 0.4) is 0 Å². The van der Waals surface area contributed by atoms with Crippen molar-refractivity contribution in [1.29, 1.82) is 0 Å². The van der Waals surface area contributed by atoms with Crippen molar-refractivity contribution in [2.75, 3.05) is 4.90 Å². The summed E-state index contributed by atoms with van der Waals surface area (Å²) in [5.41, 5.74) is 3.41. The Labute approximate surface area is 176 Å². The van der Waals surface area contributed by atoms with Crippen LogP contribution in [0, 0.1) is 0 Å². The number of aromatic nitrogens is 1. The highest BCUT2D eigenvalue weighted by molar-refractivity contribution is 7.21. The second kappa shape index (κ2) is 7.88. The Kier molecular flexibility index (Phi) is 5.12. The van der Waals surface area contributed by atoms with Crippen LogP contribution in [0.1, 0.15) is 27.6 Å². The largest absolute Gasteiger partial charge is 0.481 e. The van der Waals surface area contributed by atoms with E-state index in [2.05, 4.69) is 4.98 Å². The predicted octanol–water partition coefficient (Wildman–Crippen LogP) is 4.85. The zero-order valence-corrected chi connectivity index (χ0v) is 16.7. The van der Waals surface area contributed by atoms with E-state index in [9.17, 15) is 9.59 Å². The topological polar surface area (TPSA) is 87.6 Å². The van der Waals surface area contributed by atoms with Crippen LogP contribution < -0.4 is 4.90 Å². The number of anilines is 1. The summed E-state index contributed by atoms with van der Waals surface area (Å²) in [6, 6.07) is 22.3. The van der Waals surface area contributed by atoms with E-state index in [0.717, 1.165) is 27.7 Å². The van der Waals surface area contributed by atoms with Crippen LogP contribution in [0.15, 0.2) is 72.8 Å². The summed E-state index contributed by atoms with van der Waals surface area (Å²) < 4.78 is 1.13. The van der Waals surface area contributed by atoms with Crippen LogP contribution in [-0.2, 0) is 4.79 Å². The summed E-state index contributed by atoms with van der Waals surface area (Å²) >= 11 is 1.62. The third-order valence-electron chi connectivity index (χ3n) is 4.46. The molecule has 0 saturated carbocycles. The molecule has 2 heterocycles. The Hall–Kier alpha value is -3.84. The Bertz CT molecular complexity index is 1210. The van der Waals surface area contributed by atoms with Crippen LogP contribution in [0.25, 0.3) is 20.8 Å². The van der Waals surface area contributed by atoms with E-state index < -0.39 is 5.97 Å². The van der Waals surface area contributed by atoms with E-state index in [-0.39, 0.29) is 11.8 Å². The first-order valence-corrected chi connectivity index (χ1v) is 9.90. The maximum Gasteiger partial charge on any atom is 0.300 e. The molecule has 1 N–H and O–H groups in total. The Morgan fingerprint density at radius 3 is 1.97 bits per heavy atom. The second-order valence-corrected chi connectivity index (χ2v) is 7.57. The number of hydrogen-bond donors (Lipinski definition) is 1. The zero-order valence-electron chi connectivity index (χ0n) is 15.9. The molecule has 1 aliphatic rings. The lowest BCUT2D eigenvalue weighted by Crippen LogP contribution is -2.29. The van der Waals surface area contributed by atoms with Gasteiger partial charge in [-0.15, -0.1) is 11.3 Å². The molecule has 0 bridgehead atoms. The summed E-state index contributed by atoms with van der Waals surface area (Å²) in [6.07, 6.45) is 0. The van der Waals surface area contributed by atoms with Gasteiger partial charge in [0.15, 0.2) is 0 Å². The highest BCUT2D eigenvalue weighted by Crippen LogP contribution is 2.33. The maximum absolute atomic E-state index is 12.6. The van der Waals surface area contributed by atoms with Gasteiger partial charge in [0.25, 0.3) is 17.8 Å². The molecule has 0 saturated heterocycles. The van der Waals surface area contributed by atoms with Crippen molar-refractivity contribution < 1.29 is 19.5 Å². The molecule has 0 atom stereocenters. The van der Waals surface area contributed by atoms with Gasteiger partial charge in [-0.1, -0.05) is 24.3 Å². The number of para-hydroxylation sites is 1. The van der Waals surface area contributed by atoms with E-state index in [1.165, 1.54) is 4.90 Å². The lowest BCUT2D eigenvalue weighted by atomic mass is 10.1. The minimum atomic E-state index is -0.833. The zero-order chi connectivity index (χ0) is 21.3. The van der Waals surface area contributed by atoms with Crippen LogP contribution in [0.2, 0.25) is 0 Å². The standard InChI is InChI=1S/C21H12N2O2S.C2H4O2/c24-20-15-5-1-2-6-16(15)21(25)23(20)14-11-9-13(10-12-14)19-22-17-7-3-4-8-18(17)26-19;1-2(3)4/h1-12H;1H3,(H,3,4). The fourth-order valence-corrected chi connectivity index (χ4v) is 4.14. The molecule has 0 radical (unpaired) electrons. The second-order valence-electron chi connectivity index (χ2n) is 6.54. The van der Waals surface area contributed by atoms with Gasteiger partial charge in [0.1, 0.15) is 5.01 Å². The van der Waals surface area contributed by atoms with Gasteiger partial charge in [-0.3, -0.25) is 14.4 Å². The van der Waals surface area contributed by atoms with Gasteiger partial charge in [0, 0.05) is 12.5 Å². The van der Waals surface area contributed by atoms with Gasteiger partial charge in [-0.25, -0.2) is 9.88 Å². The van der Waals surface area contributed by atoms with Crippen molar-refractivity contribution in [3.8, 4) is 10.6 Å². The number of carbonyl (C=O) groups is 3. The summed E-state index contributed by atoms with van der Waals surface area (Å²) in [5, 5.41) is 8.33. The summed E-state index contributed by atoms with van der Waals surface area (Å²) in [6.45, 7) is 1.08. The number of carboxylic acids is 1. The van der Waals surface area contributed by atoms with Crippen LogP contribution >= 0.6 is 11.3 Å². The lowest BCUT2D eigenvalue weighted by Gasteiger charge is -2.14. The molecule has 0 aliphatic carbocycles. The number of amides is 2. The number of fused-ring (bicyclic) bond motifs is 2. The summed E-state index contributed by atoms with van der Waals surface area (Å²) in [4.78, 5) is 40.0. The molecule has 30 heavy (non-hydrogen) atoms. The molecule has 6 nitrogen and oxygen atoms in total. The Morgan fingerprint density at radius 1 is 0.867 bits per heavy atom. The molecule has 1 aromatic heterocycles. The molecule has 4 aromatic rings. The molecular weight excluding hydrogens is 400 g/mol. The maximum atomic E-state index is 12.6. The lowest BCUT2D eigenvalue weighted by molar-refractivity contribution is -0.134. The molecule has 0 fully saturated rings. The number of aliphatic carboxylic acids is 1. The average Bonchev–Trinajstić information content (AvgIpc) is 3.28. The van der Waals surface area contributed by atoms with Gasteiger partial charge in [0.2, 0.25) is 0 Å². The molecule has 1 aliphatic heterocycles. The van der Waals surface area contributed by atoms with Crippen LogP contribution in [0.5, 0.6) is 0 Å². The number of benzene rings is 3. The van der Waals surface area contributed by atoms with Crippen molar-refractivity contribution in [3.05, 3.63) is 83.9 Å². The number of nitrogens with zero attached hydrogens (tertiary/aromatic N) is 2. The number of carboxylic acid groups (broad SMARTS) is 1. The van der Waals surface area contributed by atoms with E-state index >= 15 is 0 Å². The average molecular weight is 416 g/mol. The summed E-state index contributed by atoms with van der Waals surface area (Å²) in [5.74, 6) is -1.39. The molecule has 2 amide bonds. The van der Waals surface area contributed by atoms with E-state index in [1.807, 2.05) is 36.4 Å². The molecule has 3 aromatic carbocycles. The molecular formula is C23H16N2O4S. The number of carbonyl (C=O) groups excluding carboxylic acids is 2. The van der Waals surface area contributed by atoms with Crippen molar-refractivity contribution in [2.45, 2.75) is 6.92 Å². The monoisotopic (exact) mass is 416 g/mol. The van der Waals surface area contributed by atoms with Crippen LogP contribution in [0.4, 0.5) is 5.69 Å². The highest BCUT2D eigenvalue weighted by atomic mass is 32.1. The fourth-order valence-electron chi connectivity index (χ4n) is 3.17. The van der Waals surface area contributed by atoms with Crippen LogP contribution in [-0.4, -0.2) is 27.9 Å². The van der Waals surface area contributed by atoms with E-state index in [4.69, 9.17) is 9.90 Å². The van der Waals surface area contributed by atoms with Crippen molar-refractivity contribution >= 4 is 45.0 Å². The van der Waals surface area contributed by atoms with E-state index in [0.29, 0.717) is 16.8 Å². The highest BCUT2D eigenvalue weighted by Gasteiger charge is 2.36. The first-order valence-electron chi connectivity index (χ1n) is 9.09. The van der Waals surface area contributed by atoms with Crippen molar-refractivity contribution in [3.63, 3.8) is 0 Å². The smallest absolute Gasteiger partial charge is 0.300 e. The van der Waals surface area contributed by atoms with Gasteiger partial charge in [-0.2, -0.15) is 0 Å². The predicted molar refractivity (Wildman–Crippen MR) is 116 cm³/mol. The third-order valence-corrected chi connectivity index (χ3v) is 5.55. The fraction of sp³-hybridized carbons (Fsp3) is 0.0435.